The second-order valence-corrected chi connectivity index (χ2v) is 7.96. The fourth-order valence-corrected chi connectivity index (χ4v) is 3.68. The van der Waals surface area contributed by atoms with Crippen LogP contribution in [0.25, 0.3) is 0 Å². The molecule has 0 unspecified atom stereocenters. The molecule has 1 aromatic carbocycles. The Morgan fingerprint density at radius 1 is 1.32 bits per heavy atom. The second kappa shape index (κ2) is 6.60. The van der Waals surface area contributed by atoms with E-state index in [0.717, 1.165) is 4.90 Å². The van der Waals surface area contributed by atoms with E-state index in [1.165, 1.54) is 11.8 Å². The van der Waals surface area contributed by atoms with E-state index in [2.05, 4.69) is 4.72 Å². The highest BCUT2D eigenvalue weighted by Gasteiger charge is 2.17. The van der Waals surface area contributed by atoms with Crippen molar-refractivity contribution < 1.29 is 13.5 Å². The van der Waals surface area contributed by atoms with Gasteiger partial charge in [0.1, 0.15) is 0 Å². The van der Waals surface area contributed by atoms with Gasteiger partial charge in [-0.2, -0.15) is 0 Å². The first-order valence-corrected chi connectivity index (χ1v) is 8.50. The van der Waals surface area contributed by atoms with Gasteiger partial charge in [-0.1, -0.05) is 0 Å². The molecule has 0 aliphatic carbocycles. The van der Waals surface area contributed by atoms with Gasteiger partial charge in [-0.3, -0.25) is 0 Å². The number of hydrogen-bond donors (Lipinski definition) is 3. The van der Waals surface area contributed by atoms with Crippen molar-refractivity contribution in [3.63, 3.8) is 0 Å². The van der Waals surface area contributed by atoms with Crippen LogP contribution in [0, 0.1) is 0 Å². The summed E-state index contributed by atoms with van der Waals surface area (Å²) in [7, 11) is -3.35. The molecule has 0 bridgehead atoms. The summed E-state index contributed by atoms with van der Waals surface area (Å²) in [4.78, 5) is 0.979. The SMILES string of the molecule is CC(C)(O)CNS(=O)(=O)CCSc1ccc(N)cc1. The number of sulfonamides is 1. The van der Waals surface area contributed by atoms with Crippen molar-refractivity contribution in [2.75, 3.05) is 23.8 Å². The fourth-order valence-electron chi connectivity index (χ4n) is 1.19. The minimum atomic E-state index is -3.35. The highest BCUT2D eigenvalue weighted by atomic mass is 32.2. The zero-order valence-corrected chi connectivity index (χ0v) is 12.7. The lowest BCUT2D eigenvalue weighted by molar-refractivity contribution is 0.0857. The average Bonchev–Trinajstić information content (AvgIpc) is 2.29. The lowest BCUT2D eigenvalue weighted by atomic mass is 10.1. The number of hydrogen-bond acceptors (Lipinski definition) is 5. The molecule has 0 atom stereocenters. The quantitative estimate of drug-likeness (QED) is 0.517. The van der Waals surface area contributed by atoms with Crippen LogP contribution in [0.3, 0.4) is 0 Å². The lowest BCUT2D eigenvalue weighted by Gasteiger charge is -2.17. The third-order valence-corrected chi connectivity index (χ3v) is 4.82. The van der Waals surface area contributed by atoms with Gasteiger partial charge in [-0.25, -0.2) is 13.1 Å². The number of rotatable bonds is 7. The molecule has 0 radical (unpaired) electrons. The van der Waals surface area contributed by atoms with E-state index in [1.807, 2.05) is 12.1 Å². The van der Waals surface area contributed by atoms with E-state index in [0.29, 0.717) is 11.4 Å². The number of nitrogens with one attached hydrogen (secondary N) is 1. The zero-order valence-electron chi connectivity index (χ0n) is 11.1. The molecule has 0 spiro atoms. The summed E-state index contributed by atoms with van der Waals surface area (Å²) in [5.74, 6) is 0.462. The Morgan fingerprint density at radius 3 is 2.42 bits per heavy atom. The molecule has 1 rings (SSSR count). The lowest BCUT2D eigenvalue weighted by Crippen LogP contribution is -2.39. The molecule has 0 fully saturated rings. The molecule has 0 heterocycles. The van der Waals surface area contributed by atoms with Gasteiger partial charge in [0, 0.05) is 22.9 Å². The van der Waals surface area contributed by atoms with Crippen LogP contribution in [-0.2, 0) is 10.0 Å². The van der Waals surface area contributed by atoms with Gasteiger partial charge >= 0.3 is 0 Å². The van der Waals surface area contributed by atoms with Crippen LogP contribution < -0.4 is 10.5 Å². The second-order valence-electron chi connectivity index (χ2n) is 4.87. The molecule has 0 saturated carbocycles. The first kappa shape index (κ1) is 16.3. The van der Waals surface area contributed by atoms with Crippen LogP contribution in [-0.4, -0.2) is 37.2 Å². The van der Waals surface area contributed by atoms with Crippen molar-refractivity contribution in [3.8, 4) is 0 Å². The molecule has 0 aliphatic heterocycles. The molecular weight excluding hydrogens is 284 g/mol. The van der Waals surface area contributed by atoms with Crippen molar-refractivity contribution in [2.45, 2.75) is 24.3 Å². The van der Waals surface area contributed by atoms with E-state index in [-0.39, 0.29) is 12.3 Å². The summed E-state index contributed by atoms with van der Waals surface area (Å²) in [6, 6.07) is 7.28. The third kappa shape index (κ3) is 7.41. The summed E-state index contributed by atoms with van der Waals surface area (Å²) >= 11 is 1.45. The van der Waals surface area contributed by atoms with E-state index >= 15 is 0 Å². The smallest absolute Gasteiger partial charge is 0.212 e. The molecule has 0 aromatic heterocycles. The van der Waals surface area contributed by atoms with Gasteiger partial charge in [0.15, 0.2) is 0 Å². The largest absolute Gasteiger partial charge is 0.399 e. The van der Waals surface area contributed by atoms with Gasteiger partial charge < -0.3 is 10.8 Å². The maximum atomic E-state index is 11.7. The van der Waals surface area contributed by atoms with Crippen molar-refractivity contribution in [3.05, 3.63) is 24.3 Å². The van der Waals surface area contributed by atoms with E-state index in [4.69, 9.17) is 5.73 Å². The number of nitrogen functional groups attached to an aromatic ring is 1. The maximum absolute atomic E-state index is 11.7. The summed E-state index contributed by atoms with van der Waals surface area (Å²) in [5, 5.41) is 9.47. The Kier molecular flexibility index (Phi) is 5.66. The molecule has 0 aliphatic rings. The average molecular weight is 304 g/mol. The number of anilines is 1. The minimum absolute atomic E-state index is 0.0120. The van der Waals surface area contributed by atoms with E-state index < -0.39 is 15.6 Å². The topological polar surface area (TPSA) is 92.4 Å². The summed E-state index contributed by atoms with van der Waals surface area (Å²) in [6.07, 6.45) is 0. The zero-order chi connectivity index (χ0) is 14.5. The molecule has 0 saturated heterocycles. The van der Waals surface area contributed by atoms with Crippen molar-refractivity contribution in [2.24, 2.45) is 0 Å². The first-order chi connectivity index (χ1) is 8.68. The van der Waals surface area contributed by atoms with Crippen LogP contribution in [0.15, 0.2) is 29.2 Å². The standard InChI is InChI=1S/C12H20N2O3S2/c1-12(2,15)9-14-19(16,17)8-7-18-11-5-3-10(13)4-6-11/h3-6,14-15H,7-9,13H2,1-2H3. The van der Waals surface area contributed by atoms with Crippen molar-refractivity contribution in [1.82, 2.24) is 4.72 Å². The monoisotopic (exact) mass is 304 g/mol. The summed E-state index contributed by atoms with van der Waals surface area (Å²) in [6.45, 7) is 3.12. The van der Waals surface area contributed by atoms with Gasteiger partial charge in [0.25, 0.3) is 0 Å². The molecule has 0 amide bonds. The molecule has 108 valence electrons. The molecular formula is C12H20N2O3S2. The van der Waals surface area contributed by atoms with Crippen LogP contribution in [0.4, 0.5) is 5.69 Å². The first-order valence-electron chi connectivity index (χ1n) is 5.86. The fraction of sp³-hybridized carbons (Fsp3) is 0.500. The van der Waals surface area contributed by atoms with E-state index in [9.17, 15) is 13.5 Å². The van der Waals surface area contributed by atoms with Gasteiger partial charge in [-0.05, 0) is 38.1 Å². The van der Waals surface area contributed by atoms with Crippen LogP contribution >= 0.6 is 11.8 Å². The molecule has 19 heavy (non-hydrogen) atoms. The Hall–Kier alpha value is -0.760. The normalized spacial score (nSPS) is 12.6. The molecule has 7 heteroatoms. The Labute approximate surface area is 118 Å². The number of aliphatic hydroxyl groups is 1. The minimum Gasteiger partial charge on any atom is -0.399 e. The Bertz CT molecular complexity index is 493. The van der Waals surface area contributed by atoms with Gasteiger partial charge in [0.2, 0.25) is 10.0 Å². The summed E-state index contributed by atoms with van der Waals surface area (Å²) in [5.41, 5.74) is 5.21. The number of benzene rings is 1. The van der Waals surface area contributed by atoms with Crippen LogP contribution in [0.5, 0.6) is 0 Å². The van der Waals surface area contributed by atoms with E-state index in [1.54, 1.807) is 26.0 Å². The Balaban J connectivity index is 2.37. The van der Waals surface area contributed by atoms with Crippen molar-refractivity contribution in [1.29, 1.82) is 0 Å². The third-order valence-electron chi connectivity index (χ3n) is 2.23. The highest BCUT2D eigenvalue weighted by Crippen LogP contribution is 2.19. The molecule has 4 N–H and O–H groups in total. The van der Waals surface area contributed by atoms with Gasteiger partial charge in [0.05, 0.1) is 11.4 Å². The number of thioether (sulfide) groups is 1. The predicted molar refractivity (Wildman–Crippen MR) is 79.7 cm³/mol. The number of nitrogens with two attached hydrogens (primary N) is 1. The van der Waals surface area contributed by atoms with Crippen LogP contribution in [0.1, 0.15) is 13.8 Å². The van der Waals surface area contributed by atoms with Crippen molar-refractivity contribution >= 4 is 27.5 Å². The maximum Gasteiger partial charge on any atom is 0.212 e. The molecule has 1 aromatic rings. The Morgan fingerprint density at radius 2 is 1.89 bits per heavy atom. The molecule has 5 nitrogen and oxygen atoms in total. The summed E-state index contributed by atoms with van der Waals surface area (Å²) < 4.78 is 25.7. The van der Waals surface area contributed by atoms with Crippen LogP contribution in [0.2, 0.25) is 0 Å². The highest BCUT2D eigenvalue weighted by molar-refractivity contribution is 8.00. The van der Waals surface area contributed by atoms with Gasteiger partial charge in [-0.15, -0.1) is 11.8 Å². The predicted octanol–water partition coefficient (Wildman–Crippen LogP) is 1.05.